The minimum Gasteiger partial charge on any atom is -0.337 e. The normalized spacial score (nSPS) is 21.5. The lowest BCUT2D eigenvalue weighted by atomic mass is 9.88. The minimum absolute atomic E-state index is 0.0387. The molecule has 0 aliphatic heterocycles. The van der Waals surface area contributed by atoms with E-state index in [2.05, 4.69) is 22.1 Å². The van der Waals surface area contributed by atoms with Crippen molar-refractivity contribution in [3.63, 3.8) is 0 Å². The number of aromatic nitrogens is 4. The van der Waals surface area contributed by atoms with E-state index in [1.807, 2.05) is 19.1 Å². The van der Waals surface area contributed by atoms with Crippen molar-refractivity contribution in [3.05, 3.63) is 29.0 Å². The number of hydrogen-bond donors (Lipinski definition) is 2. The second-order valence-corrected chi connectivity index (χ2v) is 9.53. The number of nitrogens with one attached hydrogen (secondary N) is 2. The van der Waals surface area contributed by atoms with Crippen molar-refractivity contribution in [1.82, 2.24) is 25.1 Å². The van der Waals surface area contributed by atoms with Crippen LogP contribution in [0.15, 0.2) is 12.1 Å². The molecule has 0 bridgehead atoms. The number of imidazole rings is 1. The largest absolute Gasteiger partial charge is 0.337 e. The van der Waals surface area contributed by atoms with Gasteiger partial charge >= 0.3 is 0 Å². The topological polar surface area (TPSA) is 98.0 Å². The summed E-state index contributed by atoms with van der Waals surface area (Å²) >= 11 is 0. The van der Waals surface area contributed by atoms with E-state index in [1.165, 1.54) is 29.5 Å². The van der Waals surface area contributed by atoms with Gasteiger partial charge in [0.1, 0.15) is 5.69 Å². The zero-order valence-electron chi connectivity index (χ0n) is 18.7. The molecule has 2 N–H and O–H groups in total. The molecule has 0 radical (unpaired) electrons. The molecular formula is C23H28N6O2. The molecule has 2 amide bonds. The summed E-state index contributed by atoms with van der Waals surface area (Å²) < 4.78 is 0. The summed E-state index contributed by atoms with van der Waals surface area (Å²) in [6, 6.07) is 3.93. The number of nitrogens with zero attached hydrogens (tertiary/aromatic N) is 4. The summed E-state index contributed by atoms with van der Waals surface area (Å²) in [6.07, 6.45) is 3.40. The molecule has 2 aliphatic rings. The van der Waals surface area contributed by atoms with E-state index in [-0.39, 0.29) is 18.4 Å². The highest BCUT2D eigenvalue weighted by molar-refractivity contribution is 5.98. The van der Waals surface area contributed by atoms with Gasteiger partial charge in [0.25, 0.3) is 0 Å². The molecule has 1 saturated carbocycles. The van der Waals surface area contributed by atoms with E-state index in [0.29, 0.717) is 5.41 Å². The maximum atomic E-state index is 12.7. The first-order valence-electron chi connectivity index (χ1n) is 10.7. The van der Waals surface area contributed by atoms with Crippen molar-refractivity contribution in [2.24, 2.45) is 11.3 Å². The first-order valence-corrected chi connectivity index (χ1v) is 10.7. The predicted molar refractivity (Wildman–Crippen MR) is 119 cm³/mol. The van der Waals surface area contributed by atoms with Gasteiger partial charge in [-0.05, 0) is 55.2 Å². The van der Waals surface area contributed by atoms with Crippen molar-refractivity contribution in [2.75, 3.05) is 25.5 Å². The first-order chi connectivity index (χ1) is 14.7. The lowest BCUT2D eigenvalue weighted by Crippen LogP contribution is -2.38. The first kappa shape index (κ1) is 19.8. The third kappa shape index (κ3) is 3.21. The van der Waals surface area contributed by atoms with Crippen molar-refractivity contribution in [1.29, 1.82) is 0 Å². The van der Waals surface area contributed by atoms with Crippen LogP contribution < -0.4 is 4.90 Å². The zero-order valence-corrected chi connectivity index (χ0v) is 18.7. The molecule has 162 valence electrons. The van der Waals surface area contributed by atoms with Crippen LogP contribution in [0.2, 0.25) is 0 Å². The molecule has 5 rings (SSSR count). The highest BCUT2D eigenvalue weighted by Crippen LogP contribution is 2.59. The monoisotopic (exact) mass is 420 g/mol. The van der Waals surface area contributed by atoms with Crippen molar-refractivity contribution >= 4 is 28.5 Å². The van der Waals surface area contributed by atoms with Crippen LogP contribution in [0, 0.1) is 18.3 Å². The van der Waals surface area contributed by atoms with Crippen LogP contribution in [-0.4, -0.2) is 57.5 Å². The fourth-order valence-corrected chi connectivity index (χ4v) is 4.83. The van der Waals surface area contributed by atoms with E-state index < -0.39 is 0 Å². The average Bonchev–Trinajstić information content (AvgIpc) is 3.01. The molecule has 8 heteroatoms. The van der Waals surface area contributed by atoms with Crippen molar-refractivity contribution < 1.29 is 9.59 Å². The minimum atomic E-state index is -0.145. The summed E-state index contributed by atoms with van der Waals surface area (Å²) in [5.41, 5.74) is 7.34. The number of likely N-dealkylation sites (N-methyl/N-ethyl adjacent to an activating group) is 2. The van der Waals surface area contributed by atoms with Gasteiger partial charge in [-0.2, -0.15) is 5.10 Å². The summed E-state index contributed by atoms with van der Waals surface area (Å²) in [4.78, 5) is 35.3. The van der Waals surface area contributed by atoms with Crippen LogP contribution in [-0.2, 0) is 22.4 Å². The number of carbonyl (C=O) groups excluding carboxylic acids is 2. The molecule has 1 fully saturated rings. The predicted octanol–water partition coefficient (Wildman–Crippen LogP) is 2.83. The van der Waals surface area contributed by atoms with Gasteiger partial charge in [0.15, 0.2) is 5.82 Å². The fourth-order valence-electron chi connectivity index (χ4n) is 4.83. The van der Waals surface area contributed by atoms with Crippen LogP contribution in [0.5, 0.6) is 0 Å². The number of aryl methyl sites for hydroxylation is 1. The van der Waals surface area contributed by atoms with Gasteiger partial charge in [-0.15, -0.1) is 0 Å². The molecule has 2 atom stereocenters. The van der Waals surface area contributed by atoms with Crippen LogP contribution >= 0.6 is 0 Å². The molecule has 31 heavy (non-hydrogen) atoms. The Morgan fingerprint density at radius 3 is 2.81 bits per heavy atom. The second-order valence-electron chi connectivity index (χ2n) is 9.53. The van der Waals surface area contributed by atoms with E-state index >= 15 is 0 Å². The van der Waals surface area contributed by atoms with Gasteiger partial charge < -0.3 is 14.8 Å². The van der Waals surface area contributed by atoms with Crippen LogP contribution in [0.25, 0.3) is 22.6 Å². The SMILES string of the molecule is CC(=O)N(C)CC(=O)N(C)c1cc2[nH]c(-c3n[nH]c4c3C[C@@H]3C[C@]3(C)C4)nc2cc1C. The van der Waals surface area contributed by atoms with Gasteiger partial charge in [0.05, 0.1) is 17.6 Å². The van der Waals surface area contributed by atoms with Gasteiger partial charge in [-0.3, -0.25) is 14.7 Å². The standard InChI is InChI=1S/C23H28N6O2/c1-12-6-16-17(8-19(12)29(5)20(31)11-28(4)13(2)30)25-22(24-16)21-15-7-14-9-23(14,3)10-18(15)26-27-21/h6,8,14H,7,9-11H2,1-5H3,(H,24,25)(H,26,27)/t14-,23-/m1/s1. The van der Waals surface area contributed by atoms with Crippen LogP contribution in [0.4, 0.5) is 5.69 Å². The number of H-pyrrole nitrogens is 2. The van der Waals surface area contributed by atoms with Crippen LogP contribution in [0.3, 0.4) is 0 Å². The van der Waals surface area contributed by atoms with Gasteiger partial charge in [0, 0.05) is 38.0 Å². The molecule has 2 aliphatic carbocycles. The van der Waals surface area contributed by atoms with E-state index in [4.69, 9.17) is 4.98 Å². The molecular weight excluding hydrogens is 392 g/mol. The number of aromatic amines is 2. The summed E-state index contributed by atoms with van der Waals surface area (Å²) in [5.74, 6) is 1.23. The van der Waals surface area contributed by atoms with Gasteiger partial charge in [0.2, 0.25) is 11.8 Å². The number of fused-ring (bicyclic) bond motifs is 3. The molecule has 3 aromatic rings. The van der Waals surface area contributed by atoms with Crippen molar-refractivity contribution in [3.8, 4) is 11.5 Å². The third-order valence-electron chi connectivity index (χ3n) is 7.19. The molecule has 2 heterocycles. The molecule has 1 aromatic carbocycles. The van der Waals surface area contributed by atoms with Crippen LogP contribution in [0.1, 0.15) is 37.1 Å². The Balaban J connectivity index is 1.46. The number of anilines is 1. The zero-order chi connectivity index (χ0) is 22.1. The molecule has 8 nitrogen and oxygen atoms in total. The third-order valence-corrected chi connectivity index (χ3v) is 7.19. The highest BCUT2D eigenvalue weighted by Gasteiger charge is 2.53. The smallest absolute Gasteiger partial charge is 0.246 e. The number of rotatable bonds is 4. The summed E-state index contributed by atoms with van der Waals surface area (Å²) in [5, 5.41) is 7.83. The number of carbonyl (C=O) groups is 2. The lowest BCUT2D eigenvalue weighted by Gasteiger charge is -2.22. The van der Waals surface area contributed by atoms with E-state index in [1.54, 1.807) is 19.0 Å². The summed E-state index contributed by atoms with van der Waals surface area (Å²) in [7, 11) is 3.36. The van der Waals surface area contributed by atoms with Gasteiger partial charge in [-0.1, -0.05) is 6.92 Å². The Morgan fingerprint density at radius 2 is 2.06 bits per heavy atom. The quantitative estimate of drug-likeness (QED) is 0.678. The Kier molecular flexibility index (Phi) is 4.26. The summed E-state index contributed by atoms with van der Waals surface area (Å²) in [6.45, 7) is 5.82. The Morgan fingerprint density at radius 1 is 1.29 bits per heavy atom. The Hall–Kier alpha value is -3.16. The fraction of sp³-hybridized carbons (Fsp3) is 0.478. The van der Waals surface area contributed by atoms with Crippen molar-refractivity contribution in [2.45, 2.75) is 40.0 Å². The van der Waals surface area contributed by atoms with E-state index in [0.717, 1.165) is 52.6 Å². The Labute approximate surface area is 181 Å². The number of amides is 2. The lowest BCUT2D eigenvalue weighted by molar-refractivity contribution is -0.132. The average molecular weight is 421 g/mol. The molecule has 0 spiro atoms. The van der Waals surface area contributed by atoms with E-state index in [9.17, 15) is 9.59 Å². The molecule has 2 aromatic heterocycles. The maximum absolute atomic E-state index is 12.7. The number of hydrogen-bond acceptors (Lipinski definition) is 4. The molecule has 0 saturated heterocycles. The maximum Gasteiger partial charge on any atom is 0.246 e. The Bertz CT molecular complexity index is 1220. The van der Waals surface area contributed by atoms with Gasteiger partial charge in [-0.25, -0.2) is 4.98 Å². The number of benzene rings is 1. The molecule has 0 unspecified atom stereocenters. The second kappa shape index (κ2) is 6.67. The highest BCUT2D eigenvalue weighted by atomic mass is 16.2.